The van der Waals surface area contributed by atoms with Crippen molar-refractivity contribution >= 4 is 28.9 Å². The van der Waals surface area contributed by atoms with Crippen LogP contribution in [0.5, 0.6) is 11.5 Å². The van der Waals surface area contributed by atoms with Gasteiger partial charge in [-0.2, -0.15) is 0 Å². The van der Waals surface area contributed by atoms with Crippen molar-refractivity contribution in [3.05, 3.63) is 51.5 Å². The van der Waals surface area contributed by atoms with Gasteiger partial charge in [-0.15, -0.1) is 0 Å². The van der Waals surface area contributed by atoms with E-state index in [9.17, 15) is 13.9 Å². The van der Waals surface area contributed by atoms with Crippen LogP contribution in [0.15, 0.2) is 24.3 Å². The number of nitrogens with one attached hydrogen (secondary N) is 1. The highest BCUT2D eigenvalue weighted by molar-refractivity contribution is 6.37. The summed E-state index contributed by atoms with van der Waals surface area (Å²) >= 11 is 11.5. The zero-order chi connectivity index (χ0) is 14.9. The molecule has 2 aromatic rings. The van der Waals surface area contributed by atoms with Crippen LogP contribution in [0, 0.1) is 11.6 Å². The molecule has 0 bridgehead atoms. The quantitative estimate of drug-likeness (QED) is 0.739. The van der Waals surface area contributed by atoms with Gasteiger partial charge in [0.15, 0.2) is 23.1 Å². The van der Waals surface area contributed by atoms with Crippen LogP contribution in [0.25, 0.3) is 0 Å². The van der Waals surface area contributed by atoms with E-state index in [1.165, 1.54) is 12.1 Å². The number of aromatic hydroxyl groups is 2. The predicted molar refractivity (Wildman–Crippen MR) is 73.5 cm³/mol. The lowest BCUT2D eigenvalue weighted by atomic mass is 10.2. The van der Waals surface area contributed by atoms with E-state index in [4.69, 9.17) is 28.3 Å². The second-order valence-corrected chi connectivity index (χ2v) is 4.86. The van der Waals surface area contributed by atoms with Gasteiger partial charge >= 0.3 is 0 Å². The number of halogens is 4. The Bertz CT molecular complexity index is 561. The molecule has 3 nitrogen and oxygen atoms in total. The largest absolute Gasteiger partial charge is 0.505 e. The number of phenolic OH excluding ortho intramolecular Hbond substituents is 2. The molecule has 0 aliphatic rings. The Balaban J connectivity index is 2.17. The lowest BCUT2D eigenvalue weighted by molar-refractivity contribution is 0.395. The zero-order valence-corrected chi connectivity index (χ0v) is 11.4. The summed E-state index contributed by atoms with van der Waals surface area (Å²) in [5.74, 6) is -3.32. The SMILES string of the molecule is Oc1c(F)cc(CNc2cc(Cl)c(O)c(Cl)c2)cc1F. The smallest absolute Gasteiger partial charge is 0.187 e. The molecule has 0 aliphatic carbocycles. The van der Waals surface area contributed by atoms with E-state index in [1.54, 1.807) is 0 Å². The van der Waals surface area contributed by atoms with Gasteiger partial charge in [0.05, 0.1) is 10.0 Å². The number of rotatable bonds is 3. The minimum atomic E-state index is -1.04. The maximum Gasteiger partial charge on any atom is 0.187 e. The first-order chi connectivity index (χ1) is 9.38. The molecule has 0 saturated carbocycles. The first-order valence-electron chi connectivity index (χ1n) is 5.47. The monoisotopic (exact) mass is 319 g/mol. The van der Waals surface area contributed by atoms with Gasteiger partial charge in [0.25, 0.3) is 0 Å². The Labute approximate surface area is 123 Å². The highest BCUT2D eigenvalue weighted by atomic mass is 35.5. The maximum atomic E-state index is 13.2. The summed E-state index contributed by atoms with van der Waals surface area (Å²) in [7, 11) is 0. The summed E-state index contributed by atoms with van der Waals surface area (Å²) in [5.41, 5.74) is 0.768. The number of hydrogen-bond acceptors (Lipinski definition) is 3. The van der Waals surface area contributed by atoms with E-state index in [0.717, 1.165) is 12.1 Å². The molecule has 2 rings (SSSR count). The Morgan fingerprint density at radius 1 is 0.900 bits per heavy atom. The summed E-state index contributed by atoms with van der Waals surface area (Å²) in [5, 5.41) is 21.4. The van der Waals surface area contributed by atoms with Crippen molar-refractivity contribution in [2.45, 2.75) is 6.54 Å². The fourth-order valence-corrected chi connectivity index (χ4v) is 2.08. The Hall–Kier alpha value is -1.72. The van der Waals surface area contributed by atoms with Crippen LogP contribution in [-0.2, 0) is 6.54 Å². The molecule has 0 heterocycles. The van der Waals surface area contributed by atoms with Gasteiger partial charge in [0, 0.05) is 12.2 Å². The number of anilines is 1. The minimum absolute atomic E-state index is 0.0584. The van der Waals surface area contributed by atoms with Crippen LogP contribution in [-0.4, -0.2) is 10.2 Å². The maximum absolute atomic E-state index is 13.2. The molecule has 3 N–H and O–H groups in total. The summed E-state index contributed by atoms with van der Waals surface area (Å²) in [6, 6.07) is 4.87. The zero-order valence-electron chi connectivity index (χ0n) is 9.92. The van der Waals surface area contributed by atoms with Crippen molar-refractivity contribution in [1.29, 1.82) is 0 Å². The Kier molecular flexibility index (Phi) is 4.20. The molecule has 0 spiro atoms. The van der Waals surface area contributed by atoms with E-state index in [0.29, 0.717) is 5.69 Å². The highest BCUT2D eigenvalue weighted by Crippen LogP contribution is 2.34. The van der Waals surface area contributed by atoms with Crippen molar-refractivity contribution in [3.63, 3.8) is 0 Å². The van der Waals surface area contributed by atoms with E-state index in [1.807, 2.05) is 0 Å². The molecule has 0 aliphatic heterocycles. The minimum Gasteiger partial charge on any atom is -0.505 e. The van der Waals surface area contributed by atoms with E-state index in [-0.39, 0.29) is 27.9 Å². The van der Waals surface area contributed by atoms with Crippen LogP contribution < -0.4 is 5.32 Å². The molecular weight excluding hydrogens is 311 g/mol. The van der Waals surface area contributed by atoms with Crippen LogP contribution >= 0.6 is 23.2 Å². The van der Waals surface area contributed by atoms with Gasteiger partial charge in [0.1, 0.15) is 0 Å². The molecule has 20 heavy (non-hydrogen) atoms. The van der Waals surface area contributed by atoms with Crippen LogP contribution in [0.4, 0.5) is 14.5 Å². The first-order valence-corrected chi connectivity index (χ1v) is 6.23. The Morgan fingerprint density at radius 3 is 1.90 bits per heavy atom. The van der Waals surface area contributed by atoms with Crippen molar-refractivity contribution in [1.82, 2.24) is 0 Å². The normalized spacial score (nSPS) is 10.6. The van der Waals surface area contributed by atoms with E-state index < -0.39 is 17.4 Å². The molecule has 0 fully saturated rings. The number of benzene rings is 2. The average Bonchev–Trinajstić information content (AvgIpc) is 2.39. The molecule has 0 aromatic heterocycles. The molecule has 106 valence electrons. The molecule has 0 radical (unpaired) electrons. The second kappa shape index (κ2) is 5.73. The second-order valence-electron chi connectivity index (χ2n) is 4.05. The Morgan fingerprint density at radius 2 is 1.40 bits per heavy atom. The van der Waals surface area contributed by atoms with E-state index in [2.05, 4.69) is 5.32 Å². The lowest BCUT2D eigenvalue weighted by Gasteiger charge is -2.09. The third-order valence-electron chi connectivity index (χ3n) is 2.59. The van der Waals surface area contributed by atoms with Gasteiger partial charge in [-0.05, 0) is 29.8 Å². The highest BCUT2D eigenvalue weighted by Gasteiger charge is 2.10. The van der Waals surface area contributed by atoms with E-state index >= 15 is 0 Å². The average molecular weight is 320 g/mol. The van der Waals surface area contributed by atoms with Gasteiger partial charge in [-0.3, -0.25) is 0 Å². The van der Waals surface area contributed by atoms with Gasteiger partial charge in [-0.1, -0.05) is 23.2 Å². The molecule has 0 unspecified atom stereocenters. The van der Waals surface area contributed by atoms with Crippen LogP contribution in [0.3, 0.4) is 0 Å². The van der Waals surface area contributed by atoms with Crippen LogP contribution in [0.1, 0.15) is 5.56 Å². The van der Waals surface area contributed by atoms with Gasteiger partial charge in [0.2, 0.25) is 0 Å². The van der Waals surface area contributed by atoms with Crippen molar-refractivity contribution < 1.29 is 19.0 Å². The van der Waals surface area contributed by atoms with Crippen molar-refractivity contribution in [2.75, 3.05) is 5.32 Å². The number of hydrogen-bond donors (Lipinski definition) is 3. The fourth-order valence-electron chi connectivity index (χ4n) is 1.59. The summed E-state index contributed by atoms with van der Waals surface area (Å²) in [6.07, 6.45) is 0. The molecule has 0 atom stereocenters. The fraction of sp³-hybridized carbons (Fsp3) is 0.0769. The molecule has 0 saturated heterocycles. The third kappa shape index (κ3) is 3.05. The van der Waals surface area contributed by atoms with Crippen LogP contribution in [0.2, 0.25) is 10.0 Å². The number of phenols is 2. The summed E-state index contributed by atoms with van der Waals surface area (Å²) in [4.78, 5) is 0. The summed E-state index contributed by atoms with van der Waals surface area (Å²) in [6.45, 7) is 0.0888. The molecule has 2 aromatic carbocycles. The predicted octanol–water partition coefficient (Wildman–Crippen LogP) is 4.29. The molecule has 0 amide bonds. The lowest BCUT2D eigenvalue weighted by Crippen LogP contribution is -2.01. The standard InChI is InChI=1S/C13H9Cl2F2NO2/c14-8-3-7(4-9(15)12(8)19)18-5-6-1-10(16)13(20)11(17)2-6/h1-4,18-20H,5H2. The first kappa shape index (κ1) is 14.7. The topological polar surface area (TPSA) is 52.5 Å². The van der Waals surface area contributed by atoms with Gasteiger partial charge in [-0.25, -0.2) is 8.78 Å². The van der Waals surface area contributed by atoms with Crippen molar-refractivity contribution in [3.8, 4) is 11.5 Å². The van der Waals surface area contributed by atoms with Crippen molar-refractivity contribution in [2.24, 2.45) is 0 Å². The van der Waals surface area contributed by atoms with Gasteiger partial charge < -0.3 is 15.5 Å². The summed E-state index contributed by atoms with van der Waals surface area (Å²) < 4.78 is 26.3. The molecule has 7 heteroatoms. The third-order valence-corrected chi connectivity index (χ3v) is 3.17. The molecular formula is C13H9Cl2F2NO2.